The van der Waals surface area contributed by atoms with Crippen LogP contribution in [0.25, 0.3) is 16.9 Å². The van der Waals surface area contributed by atoms with Gasteiger partial charge in [0.05, 0.1) is 36.1 Å². The van der Waals surface area contributed by atoms with Crippen molar-refractivity contribution >= 4 is 34.4 Å². The first-order valence-electron chi connectivity index (χ1n) is 11.6. The van der Waals surface area contributed by atoms with Gasteiger partial charge in [-0.1, -0.05) is 12.6 Å². The highest BCUT2D eigenvalue weighted by atomic mass is 16.5. The van der Waals surface area contributed by atoms with Gasteiger partial charge in [0.25, 0.3) is 0 Å². The molecule has 3 heterocycles. The standard InChI is InChI=1S/C27H31N7O2/c1-6-27(35)31-20-16-21(24(36-5)17-22(20)33(4)14-13-32(2)3)30-25-15-19(10-11-28-25)23-18-29-26-9-7-8-12-34(23)26/h6-12,15-18H,1,13-14H2,2-5H3,(H,28,30)(H,31,35). The summed E-state index contributed by atoms with van der Waals surface area (Å²) in [5.74, 6) is 0.966. The average molecular weight is 486 g/mol. The second-order valence-corrected chi connectivity index (χ2v) is 8.61. The van der Waals surface area contributed by atoms with Gasteiger partial charge in [0, 0.05) is 44.2 Å². The molecule has 9 nitrogen and oxygen atoms in total. The zero-order valence-electron chi connectivity index (χ0n) is 21.0. The van der Waals surface area contributed by atoms with Crippen molar-refractivity contribution in [3.63, 3.8) is 0 Å². The zero-order valence-corrected chi connectivity index (χ0v) is 21.0. The molecule has 4 aromatic rings. The number of amides is 1. The second kappa shape index (κ2) is 10.9. The molecule has 3 aromatic heterocycles. The number of carbonyl (C=O) groups is 1. The molecule has 0 saturated heterocycles. The van der Waals surface area contributed by atoms with Crippen LogP contribution < -0.4 is 20.3 Å². The highest BCUT2D eigenvalue weighted by Crippen LogP contribution is 2.38. The highest BCUT2D eigenvalue weighted by Gasteiger charge is 2.16. The summed E-state index contributed by atoms with van der Waals surface area (Å²) in [6.45, 7) is 5.20. The average Bonchev–Trinajstić information content (AvgIpc) is 3.32. The van der Waals surface area contributed by atoms with Crippen LogP contribution in [0.1, 0.15) is 0 Å². The van der Waals surface area contributed by atoms with E-state index in [1.165, 1.54) is 6.08 Å². The molecule has 0 saturated carbocycles. The van der Waals surface area contributed by atoms with Crippen LogP contribution in [0, 0.1) is 0 Å². The lowest BCUT2D eigenvalue weighted by atomic mass is 10.1. The van der Waals surface area contributed by atoms with Crippen molar-refractivity contribution in [2.75, 3.05) is 56.9 Å². The Kier molecular flexibility index (Phi) is 7.50. The summed E-state index contributed by atoms with van der Waals surface area (Å²) in [5, 5.41) is 6.27. The Bertz CT molecular complexity index is 1380. The van der Waals surface area contributed by atoms with E-state index >= 15 is 0 Å². The molecule has 1 amide bonds. The molecule has 0 atom stereocenters. The van der Waals surface area contributed by atoms with Crippen molar-refractivity contribution in [1.82, 2.24) is 19.3 Å². The van der Waals surface area contributed by atoms with Gasteiger partial charge in [-0.25, -0.2) is 9.97 Å². The molecule has 9 heteroatoms. The maximum absolute atomic E-state index is 12.2. The molecule has 0 radical (unpaired) electrons. The molecule has 0 aliphatic heterocycles. The molecule has 4 rings (SSSR count). The van der Waals surface area contributed by atoms with E-state index in [-0.39, 0.29) is 5.91 Å². The van der Waals surface area contributed by atoms with Crippen LogP contribution in [0.3, 0.4) is 0 Å². The third-order valence-corrected chi connectivity index (χ3v) is 5.79. The Morgan fingerprint density at radius 3 is 2.69 bits per heavy atom. The van der Waals surface area contributed by atoms with Crippen molar-refractivity contribution in [1.29, 1.82) is 0 Å². The summed E-state index contributed by atoms with van der Waals surface area (Å²) in [6, 6.07) is 13.6. The summed E-state index contributed by atoms with van der Waals surface area (Å²) in [5.41, 5.74) is 4.94. The van der Waals surface area contributed by atoms with Gasteiger partial charge in [-0.2, -0.15) is 0 Å². The fourth-order valence-corrected chi connectivity index (χ4v) is 3.85. The minimum absolute atomic E-state index is 0.291. The first-order valence-corrected chi connectivity index (χ1v) is 11.6. The van der Waals surface area contributed by atoms with E-state index in [1.54, 1.807) is 13.3 Å². The lowest BCUT2D eigenvalue weighted by molar-refractivity contribution is -0.111. The SMILES string of the molecule is C=CC(=O)Nc1cc(Nc2cc(-c3cnc4ccccn34)ccn2)c(OC)cc1N(C)CCN(C)C. The molecule has 2 N–H and O–H groups in total. The molecule has 0 unspecified atom stereocenters. The number of pyridine rings is 2. The third-order valence-electron chi connectivity index (χ3n) is 5.79. The minimum Gasteiger partial charge on any atom is -0.494 e. The Labute approximate surface area is 211 Å². The summed E-state index contributed by atoms with van der Waals surface area (Å²) in [4.78, 5) is 25.4. The number of ether oxygens (including phenoxy) is 1. The van der Waals surface area contributed by atoms with E-state index in [2.05, 4.69) is 37.0 Å². The lowest BCUT2D eigenvalue weighted by Crippen LogP contribution is -2.29. The van der Waals surface area contributed by atoms with Gasteiger partial charge in [-0.15, -0.1) is 0 Å². The zero-order chi connectivity index (χ0) is 25.7. The Morgan fingerprint density at radius 2 is 1.94 bits per heavy atom. The van der Waals surface area contributed by atoms with Gasteiger partial charge in [-0.05, 0) is 50.5 Å². The number of aromatic nitrogens is 3. The lowest BCUT2D eigenvalue weighted by Gasteiger charge is -2.26. The van der Waals surface area contributed by atoms with Crippen LogP contribution in [-0.2, 0) is 4.79 Å². The van der Waals surface area contributed by atoms with E-state index < -0.39 is 0 Å². The summed E-state index contributed by atoms with van der Waals surface area (Å²) >= 11 is 0. The number of fused-ring (bicyclic) bond motifs is 1. The largest absolute Gasteiger partial charge is 0.494 e. The van der Waals surface area contributed by atoms with E-state index in [1.807, 2.05) is 80.4 Å². The fraction of sp³-hybridized carbons (Fsp3) is 0.222. The maximum Gasteiger partial charge on any atom is 0.247 e. The molecular weight excluding hydrogens is 454 g/mol. The van der Waals surface area contributed by atoms with Crippen molar-refractivity contribution in [3.8, 4) is 17.0 Å². The number of imidazole rings is 1. The quantitative estimate of drug-likeness (QED) is 0.324. The molecular formula is C27H31N7O2. The number of benzene rings is 1. The first-order chi connectivity index (χ1) is 17.4. The number of rotatable bonds is 10. The molecule has 0 aliphatic carbocycles. The minimum atomic E-state index is -0.291. The highest BCUT2D eigenvalue weighted by molar-refractivity contribution is 6.02. The number of methoxy groups -OCH3 is 1. The predicted molar refractivity (Wildman–Crippen MR) is 145 cm³/mol. The van der Waals surface area contributed by atoms with Gasteiger partial charge in [0.15, 0.2) is 0 Å². The molecule has 0 bridgehead atoms. The number of carbonyl (C=O) groups excluding carboxylic acids is 1. The number of likely N-dealkylation sites (N-methyl/N-ethyl adjacent to an activating group) is 2. The summed E-state index contributed by atoms with van der Waals surface area (Å²) < 4.78 is 7.73. The smallest absolute Gasteiger partial charge is 0.247 e. The monoisotopic (exact) mass is 485 g/mol. The fourth-order valence-electron chi connectivity index (χ4n) is 3.85. The Balaban J connectivity index is 1.69. The van der Waals surface area contributed by atoms with Crippen LogP contribution in [-0.4, -0.2) is 66.5 Å². The van der Waals surface area contributed by atoms with Crippen LogP contribution in [0.15, 0.2) is 73.7 Å². The van der Waals surface area contributed by atoms with Gasteiger partial charge in [-0.3, -0.25) is 9.20 Å². The molecule has 36 heavy (non-hydrogen) atoms. The van der Waals surface area contributed by atoms with E-state index in [4.69, 9.17) is 4.74 Å². The van der Waals surface area contributed by atoms with Crippen molar-refractivity contribution in [3.05, 3.63) is 73.7 Å². The number of nitrogens with one attached hydrogen (secondary N) is 2. The van der Waals surface area contributed by atoms with Crippen LogP contribution in [0.2, 0.25) is 0 Å². The number of nitrogens with zero attached hydrogens (tertiary/aromatic N) is 5. The Morgan fingerprint density at radius 1 is 1.11 bits per heavy atom. The van der Waals surface area contributed by atoms with E-state index in [0.717, 1.165) is 35.7 Å². The molecule has 0 aliphatic rings. The van der Waals surface area contributed by atoms with Crippen LogP contribution in [0.5, 0.6) is 5.75 Å². The van der Waals surface area contributed by atoms with E-state index in [9.17, 15) is 4.79 Å². The Hall–Kier alpha value is -4.37. The first kappa shape index (κ1) is 24.7. The van der Waals surface area contributed by atoms with Crippen LogP contribution >= 0.6 is 0 Å². The molecule has 1 aromatic carbocycles. The van der Waals surface area contributed by atoms with Gasteiger partial charge in [0.2, 0.25) is 5.91 Å². The number of anilines is 4. The second-order valence-electron chi connectivity index (χ2n) is 8.61. The van der Waals surface area contributed by atoms with E-state index in [0.29, 0.717) is 22.9 Å². The van der Waals surface area contributed by atoms with Crippen molar-refractivity contribution in [2.45, 2.75) is 0 Å². The summed E-state index contributed by atoms with van der Waals surface area (Å²) in [6.07, 6.45) is 6.82. The van der Waals surface area contributed by atoms with Gasteiger partial charge < -0.3 is 25.2 Å². The van der Waals surface area contributed by atoms with Crippen molar-refractivity contribution < 1.29 is 9.53 Å². The normalized spacial score (nSPS) is 10.9. The third kappa shape index (κ3) is 5.47. The maximum atomic E-state index is 12.2. The topological polar surface area (TPSA) is 87.0 Å². The predicted octanol–water partition coefficient (Wildman–Crippen LogP) is 4.27. The summed E-state index contributed by atoms with van der Waals surface area (Å²) in [7, 11) is 7.65. The van der Waals surface area contributed by atoms with Crippen molar-refractivity contribution in [2.24, 2.45) is 0 Å². The molecule has 0 fully saturated rings. The van der Waals surface area contributed by atoms with Crippen LogP contribution in [0.4, 0.5) is 22.9 Å². The van der Waals surface area contributed by atoms with Gasteiger partial charge in [0.1, 0.15) is 17.2 Å². The number of hydrogen-bond donors (Lipinski definition) is 2. The van der Waals surface area contributed by atoms with Gasteiger partial charge >= 0.3 is 0 Å². The molecule has 186 valence electrons. The number of hydrogen-bond acceptors (Lipinski definition) is 7. The molecule has 0 spiro atoms.